The van der Waals surface area contributed by atoms with Gasteiger partial charge in [0.25, 0.3) is 0 Å². The van der Waals surface area contributed by atoms with Crippen LogP contribution in [0.2, 0.25) is 0 Å². The van der Waals surface area contributed by atoms with Gasteiger partial charge in [0.05, 0.1) is 51.8 Å². The van der Waals surface area contributed by atoms with Crippen molar-refractivity contribution in [1.82, 2.24) is 0 Å². The van der Waals surface area contributed by atoms with Crippen LogP contribution in [0.5, 0.6) is 0 Å². The fraction of sp³-hybridized carbons (Fsp3) is 0.923. The maximum atomic E-state index is 12.1. The van der Waals surface area contributed by atoms with Gasteiger partial charge in [0.1, 0.15) is 85.5 Å². The Bertz CT molecular complexity index is 2040. The molecule has 14 N–H and O–H groups in total. The van der Waals surface area contributed by atoms with Crippen LogP contribution >= 0.6 is 0 Å². The molecule has 9 aliphatic rings. The third-order valence-electron chi connectivity index (χ3n) is 20.4. The molecule has 22 nitrogen and oxygen atoms in total. The predicted octanol–water partition coefficient (Wildman–Crippen LogP) is -2.42. The lowest BCUT2D eigenvalue weighted by atomic mass is 9.35. The lowest BCUT2D eigenvalue weighted by Crippen LogP contribution is -2.67. The molecule has 4 saturated heterocycles. The molecule has 4 heterocycles. The molecule has 0 aromatic heterocycles. The molecule has 5 aliphatic carbocycles. The molecule has 7 fully saturated rings. The van der Waals surface area contributed by atoms with E-state index in [1.807, 2.05) is 6.92 Å². The van der Waals surface area contributed by atoms with Crippen LogP contribution in [0.4, 0.5) is 0 Å². The normalized spacial score (nSPS) is 54.3. The van der Waals surface area contributed by atoms with Crippen molar-refractivity contribution in [3.05, 3.63) is 23.3 Å². The number of allylic oxidation sites excluding steroid dienone is 3. The second-order valence-corrected chi connectivity index (χ2v) is 25.0. The van der Waals surface area contributed by atoms with E-state index < -0.39 is 165 Å². The lowest BCUT2D eigenvalue weighted by Gasteiger charge is -2.70. The molecule has 0 aromatic rings. The molecule has 424 valence electrons. The van der Waals surface area contributed by atoms with Gasteiger partial charge < -0.3 is 109 Å². The topological polar surface area (TPSA) is 357 Å². The summed E-state index contributed by atoms with van der Waals surface area (Å²) in [5.74, 6) is -0.0540. The summed E-state index contributed by atoms with van der Waals surface area (Å²) in [7, 11) is 0. The minimum atomic E-state index is -1.97. The summed E-state index contributed by atoms with van der Waals surface area (Å²) < 4.78 is 47.6. The average molecular weight is 1060 g/mol. The van der Waals surface area contributed by atoms with Crippen molar-refractivity contribution in [2.75, 3.05) is 39.6 Å². The first-order valence-electron chi connectivity index (χ1n) is 26.6. The van der Waals surface area contributed by atoms with Crippen LogP contribution in [0.15, 0.2) is 23.3 Å². The average Bonchev–Trinajstić information content (AvgIpc) is 3.64. The quantitative estimate of drug-likeness (QED) is 0.0854. The van der Waals surface area contributed by atoms with Gasteiger partial charge in [-0.15, -0.1) is 0 Å². The molecule has 27 atom stereocenters. The van der Waals surface area contributed by atoms with Crippen molar-refractivity contribution in [2.45, 2.75) is 216 Å². The summed E-state index contributed by atoms with van der Waals surface area (Å²) in [6, 6.07) is 0. The van der Waals surface area contributed by atoms with E-state index >= 15 is 0 Å². The predicted molar refractivity (Wildman–Crippen MR) is 253 cm³/mol. The standard InChI is InChI=1S/C52H84O22/c1-47(2)13-14-52(22-57)24(15-47)23-7-8-30-48(3)11-10-32(49(4,21-56)29(48)9-12-50(30,5)51(23,6)16-31(52)58)72-44-40(66)37(63)41(27(19-55)70-44)73-46-42(74-45-39(65)36(62)33(59)25(17-53)69-45)35(61)28(20-67-46)71-43-38(64)34(60)26(18-54)68-43/h7-8,25-46,53-66H,9-22H2,1-6H3/t25-,26+,27-,28+,29-,30-,31-,32+,33-,34+,35+,36+,37-,38-,39-,40-,41-,42-,43+,44+,45+,46+,48+,49+,50-,51-,52-/m1/s1. The first kappa shape index (κ1) is 57.3. The lowest BCUT2D eigenvalue weighted by molar-refractivity contribution is -0.388. The summed E-state index contributed by atoms with van der Waals surface area (Å²) in [6.07, 6.45) is -21.3. The van der Waals surface area contributed by atoms with Crippen molar-refractivity contribution in [3.63, 3.8) is 0 Å². The Labute approximate surface area is 431 Å². The van der Waals surface area contributed by atoms with E-state index in [2.05, 4.69) is 46.8 Å². The molecule has 0 amide bonds. The first-order chi connectivity index (χ1) is 34.8. The van der Waals surface area contributed by atoms with Gasteiger partial charge in [0.2, 0.25) is 0 Å². The zero-order valence-corrected chi connectivity index (χ0v) is 43.3. The zero-order chi connectivity index (χ0) is 53.8. The molecule has 0 bridgehead atoms. The van der Waals surface area contributed by atoms with E-state index in [4.69, 9.17) is 37.9 Å². The number of fused-ring (bicyclic) bond motifs is 6. The number of aliphatic hydroxyl groups is 14. The number of aliphatic hydroxyl groups excluding tert-OH is 14. The highest BCUT2D eigenvalue weighted by Crippen LogP contribution is 2.74. The van der Waals surface area contributed by atoms with Crippen LogP contribution in [0, 0.1) is 44.3 Å². The third-order valence-corrected chi connectivity index (χ3v) is 20.4. The molecule has 0 radical (unpaired) electrons. The fourth-order valence-electron chi connectivity index (χ4n) is 15.6. The molecule has 0 spiro atoms. The van der Waals surface area contributed by atoms with Crippen molar-refractivity contribution < 1.29 is 109 Å². The van der Waals surface area contributed by atoms with Crippen molar-refractivity contribution in [3.8, 4) is 0 Å². The van der Waals surface area contributed by atoms with Gasteiger partial charge in [-0.05, 0) is 85.0 Å². The molecule has 3 saturated carbocycles. The van der Waals surface area contributed by atoms with Crippen LogP contribution in [-0.4, -0.2) is 234 Å². The molecule has 0 aromatic carbocycles. The highest BCUT2D eigenvalue weighted by molar-refractivity contribution is 5.47. The monoisotopic (exact) mass is 1060 g/mol. The maximum Gasteiger partial charge on any atom is 0.187 e. The van der Waals surface area contributed by atoms with Gasteiger partial charge in [-0.3, -0.25) is 0 Å². The number of hydrogen-bond acceptors (Lipinski definition) is 22. The Hall–Kier alpha value is -1.40. The molecule has 9 rings (SSSR count). The minimum absolute atomic E-state index is 0.0232. The highest BCUT2D eigenvalue weighted by atomic mass is 16.8. The SMILES string of the molecule is CC1(C)CC[C@@]2(CO)C(=C3C=C[C@@H]4[C@@]5(C)CC[C@H](O[C@@H]6O[C@H](CO)[C@@H](O[C@@H]7OC[C@H](O[C@@H]8O[C@@H](CO)[C@H](O)[C@H]8O)[C@H](O)[C@H]7O[C@@H]7O[C@H](CO)[C@@H](O)[C@H](O)[C@H]7O)[C@H](O)[C@H]6O)[C@@](C)(CO)[C@@H]5CC[C@@]4(C)[C@]3(C)C[C@H]2O)C1. The second kappa shape index (κ2) is 20.9. The smallest absolute Gasteiger partial charge is 0.187 e. The van der Waals surface area contributed by atoms with Gasteiger partial charge in [0, 0.05) is 16.2 Å². The van der Waals surface area contributed by atoms with Crippen LogP contribution in [0.3, 0.4) is 0 Å². The summed E-state index contributed by atoms with van der Waals surface area (Å²) in [6.45, 7) is 10.2. The summed E-state index contributed by atoms with van der Waals surface area (Å²) in [5, 5.41) is 153. The van der Waals surface area contributed by atoms with Crippen molar-refractivity contribution in [1.29, 1.82) is 0 Å². The number of ether oxygens (including phenoxy) is 8. The summed E-state index contributed by atoms with van der Waals surface area (Å²) in [4.78, 5) is 0. The molecule has 4 aliphatic heterocycles. The Morgan fingerprint density at radius 2 is 1.15 bits per heavy atom. The Kier molecular flexibility index (Phi) is 16.2. The van der Waals surface area contributed by atoms with Crippen LogP contribution in [0.25, 0.3) is 0 Å². The molecule has 74 heavy (non-hydrogen) atoms. The zero-order valence-electron chi connectivity index (χ0n) is 43.3. The second-order valence-electron chi connectivity index (χ2n) is 25.0. The molecular formula is C52H84O22. The molecule has 22 heteroatoms. The van der Waals surface area contributed by atoms with Crippen LogP contribution in [0.1, 0.15) is 92.9 Å². The van der Waals surface area contributed by atoms with Gasteiger partial charge in [-0.1, -0.05) is 59.3 Å². The number of rotatable bonds is 13. The Balaban J connectivity index is 0.926. The van der Waals surface area contributed by atoms with E-state index in [0.29, 0.717) is 19.3 Å². The van der Waals surface area contributed by atoms with Crippen LogP contribution < -0.4 is 0 Å². The van der Waals surface area contributed by atoms with Crippen LogP contribution in [-0.2, 0) is 37.9 Å². The van der Waals surface area contributed by atoms with Gasteiger partial charge in [0.15, 0.2) is 25.2 Å². The third kappa shape index (κ3) is 9.03. The maximum absolute atomic E-state index is 12.1. The molecular weight excluding hydrogens is 977 g/mol. The van der Waals surface area contributed by atoms with E-state index in [-0.39, 0.29) is 41.3 Å². The van der Waals surface area contributed by atoms with Gasteiger partial charge >= 0.3 is 0 Å². The highest BCUT2D eigenvalue weighted by Gasteiger charge is 2.69. The van der Waals surface area contributed by atoms with E-state index in [1.165, 1.54) is 11.1 Å². The minimum Gasteiger partial charge on any atom is -0.396 e. The Morgan fingerprint density at radius 3 is 1.78 bits per heavy atom. The fourth-order valence-corrected chi connectivity index (χ4v) is 15.6. The summed E-state index contributed by atoms with van der Waals surface area (Å²) in [5.41, 5.74) is -0.147. The van der Waals surface area contributed by atoms with Gasteiger partial charge in [-0.2, -0.15) is 0 Å². The van der Waals surface area contributed by atoms with Gasteiger partial charge in [-0.25, -0.2) is 0 Å². The number of hydrogen-bond donors (Lipinski definition) is 14. The first-order valence-corrected chi connectivity index (χ1v) is 26.6. The largest absolute Gasteiger partial charge is 0.396 e. The van der Waals surface area contributed by atoms with Crippen molar-refractivity contribution >= 4 is 0 Å². The van der Waals surface area contributed by atoms with E-state index in [9.17, 15) is 71.5 Å². The van der Waals surface area contributed by atoms with E-state index in [1.54, 1.807) is 0 Å². The van der Waals surface area contributed by atoms with Crippen molar-refractivity contribution in [2.24, 2.45) is 44.3 Å². The molecule has 0 unspecified atom stereocenters. The Morgan fingerprint density at radius 1 is 0.568 bits per heavy atom. The summed E-state index contributed by atoms with van der Waals surface area (Å²) >= 11 is 0. The van der Waals surface area contributed by atoms with E-state index in [0.717, 1.165) is 32.1 Å².